The van der Waals surface area contributed by atoms with E-state index in [1.54, 1.807) is 0 Å². The highest BCUT2D eigenvalue weighted by Gasteiger charge is 2.20. The molecule has 4 nitrogen and oxygen atoms in total. The lowest BCUT2D eigenvalue weighted by Gasteiger charge is -2.15. The van der Waals surface area contributed by atoms with Gasteiger partial charge in [-0.15, -0.1) is 0 Å². The second kappa shape index (κ2) is 6.74. The van der Waals surface area contributed by atoms with Crippen LogP contribution in [-0.2, 0) is 0 Å². The predicted molar refractivity (Wildman–Crippen MR) is 84.3 cm³/mol. The summed E-state index contributed by atoms with van der Waals surface area (Å²) in [5, 5.41) is 7.42. The van der Waals surface area contributed by atoms with Gasteiger partial charge >= 0.3 is 0 Å². The Kier molecular flexibility index (Phi) is 4.53. The van der Waals surface area contributed by atoms with Crippen LogP contribution in [0.15, 0.2) is 28.8 Å². The Morgan fingerprint density at radius 3 is 2.52 bits per heavy atom. The summed E-state index contributed by atoms with van der Waals surface area (Å²) in [7, 11) is 1.91. The molecule has 0 radical (unpaired) electrons. The molecule has 1 N–H and O–H groups in total. The van der Waals surface area contributed by atoms with Gasteiger partial charge in [-0.25, -0.2) is 0 Å². The fourth-order valence-electron chi connectivity index (χ4n) is 3.11. The van der Waals surface area contributed by atoms with Crippen LogP contribution in [0.25, 0.3) is 11.5 Å². The van der Waals surface area contributed by atoms with Gasteiger partial charge in [-0.05, 0) is 25.0 Å². The van der Waals surface area contributed by atoms with Gasteiger partial charge in [0, 0.05) is 18.7 Å². The SMILES string of the molecule is CNc1ccccc1-c1nc(C2CCCCCCC2)no1. The van der Waals surface area contributed by atoms with E-state index in [9.17, 15) is 0 Å². The molecule has 1 aromatic heterocycles. The quantitative estimate of drug-likeness (QED) is 0.895. The Hall–Kier alpha value is -1.84. The molecule has 1 aliphatic rings. The molecule has 0 aliphatic heterocycles. The van der Waals surface area contributed by atoms with E-state index in [1.165, 1.54) is 44.9 Å². The molecule has 0 saturated heterocycles. The van der Waals surface area contributed by atoms with E-state index in [0.29, 0.717) is 11.8 Å². The predicted octanol–water partition coefficient (Wildman–Crippen LogP) is 4.61. The number of benzene rings is 1. The van der Waals surface area contributed by atoms with E-state index in [-0.39, 0.29) is 0 Å². The summed E-state index contributed by atoms with van der Waals surface area (Å²) in [6.45, 7) is 0. The lowest BCUT2D eigenvalue weighted by atomic mass is 9.91. The smallest absolute Gasteiger partial charge is 0.260 e. The average Bonchev–Trinajstić information content (AvgIpc) is 2.96. The van der Waals surface area contributed by atoms with Gasteiger partial charge < -0.3 is 9.84 Å². The van der Waals surface area contributed by atoms with E-state index in [1.807, 2.05) is 31.3 Å². The molecule has 0 bridgehead atoms. The summed E-state index contributed by atoms with van der Waals surface area (Å²) in [4.78, 5) is 4.67. The van der Waals surface area contributed by atoms with E-state index >= 15 is 0 Å². The molecule has 112 valence electrons. The second-order valence-electron chi connectivity index (χ2n) is 5.80. The number of anilines is 1. The lowest BCUT2D eigenvalue weighted by Crippen LogP contribution is -2.04. The second-order valence-corrected chi connectivity index (χ2v) is 5.80. The van der Waals surface area contributed by atoms with Gasteiger partial charge in [-0.1, -0.05) is 49.4 Å². The molecule has 1 heterocycles. The molecule has 21 heavy (non-hydrogen) atoms. The van der Waals surface area contributed by atoms with Gasteiger partial charge in [-0.3, -0.25) is 0 Å². The van der Waals surface area contributed by atoms with Crippen LogP contribution >= 0.6 is 0 Å². The third-order valence-corrected chi connectivity index (χ3v) is 4.34. The van der Waals surface area contributed by atoms with Crippen LogP contribution in [0.2, 0.25) is 0 Å². The van der Waals surface area contributed by atoms with Crippen molar-refractivity contribution in [1.82, 2.24) is 10.1 Å². The fourth-order valence-corrected chi connectivity index (χ4v) is 3.11. The highest BCUT2D eigenvalue weighted by atomic mass is 16.5. The van der Waals surface area contributed by atoms with Crippen LogP contribution in [0.3, 0.4) is 0 Å². The number of rotatable bonds is 3. The van der Waals surface area contributed by atoms with Crippen molar-refractivity contribution in [1.29, 1.82) is 0 Å². The molecule has 0 spiro atoms. The van der Waals surface area contributed by atoms with Crippen molar-refractivity contribution in [3.63, 3.8) is 0 Å². The molecule has 1 fully saturated rings. The normalized spacial score (nSPS) is 17.2. The molecular weight excluding hydrogens is 262 g/mol. The number of hydrogen-bond donors (Lipinski definition) is 1. The summed E-state index contributed by atoms with van der Waals surface area (Å²) in [6, 6.07) is 8.04. The molecule has 0 atom stereocenters. The number of nitrogens with one attached hydrogen (secondary N) is 1. The van der Waals surface area contributed by atoms with Crippen molar-refractivity contribution in [3.8, 4) is 11.5 Å². The van der Waals surface area contributed by atoms with Gasteiger partial charge in [0.25, 0.3) is 5.89 Å². The third kappa shape index (κ3) is 3.26. The van der Waals surface area contributed by atoms with E-state index < -0.39 is 0 Å². The van der Waals surface area contributed by atoms with Gasteiger partial charge in [0.2, 0.25) is 0 Å². The molecule has 3 rings (SSSR count). The minimum Gasteiger partial charge on any atom is -0.387 e. The molecule has 4 heteroatoms. The van der Waals surface area contributed by atoms with Gasteiger partial charge in [-0.2, -0.15) is 4.98 Å². The Morgan fingerprint density at radius 1 is 1.05 bits per heavy atom. The first-order chi connectivity index (χ1) is 10.4. The summed E-state index contributed by atoms with van der Waals surface area (Å²) in [5.41, 5.74) is 2.00. The van der Waals surface area contributed by atoms with Gasteiger partial charge in [0.1, 0.15) is 0 Å². The van der Waals surface area contributed by atoms with E-state index in [4.69, 9.17) is 4.52 Å². The summed E-state index contributed by atoms with van der Waals surface area (Å²) in [6.07, 6.45) is 8.98. The van der Waals surface area contributed by atoms with Gasteiger partial charge in [0.05, 0.1) is 5.56 Å². The van der Waals surface area contributed by atoms with Crippen molar-refractivity contribution in [2.45, 2.75) is 50.9 Å². The number of nitrogens with zero attached hydrogens (tertiary/aromatic N) is 2. The van der Waals surface area contributed by atoms with E-state index in [0.717, 1.165) is 17.1 Å². The Morgan fingerprint density at radius 2 is 1.76 bits per heavy atom. The highest BCUT2D eigenvalue weighted by Crippen LogP contribution is 2.32. The summed E-state index contributed by atoms with van der Waals surface area (Å²) >= 11 is 0. The van der Waals surface area contributed by atoms with Crippen LogP contribution in [-0.4, -0.2) is 17.2 Å². The summed E-state index contributed by atoms with van der Waals surface area (Å²) < 4.78 is 5.52. The minimum absolute atomic E-state index is 0.463. The first-order valence-corrected chi connectivity index (χ1v) is 7.99. The van der Waals surface area contributed by atoms with Crippen molar-refractivity contribution >= 4 is 5.69 Å². The van der Waals surface area contributed by atoms with Crippen molar-refractivity contribution in [3.05, 3.63) is 30.1 Å². The molecule has 0 amide bonds. The van der Waals surface area contributed by atoms with E-state index in [2.05, 4.69) is 15.5 Å². The lowest BCUT2D eigenvalue weighted by molar-refractivity contribution is 0.393. The monoisotopic (exact) mass is 285 g/mol. The minimum atomic E-state index is 0.463. The summed E-state index contributed by atoms with van der Waals surface area (Å²) in [5.74, 6) is 1.97. The van der Waals surface area contributed by atoms with Crippen LogP contribution in [0.4, 0.5) is 5.69 Å². The van der Waals surface area contributed by atoms with Crippen molar-refractivity contribution in [2.24, 2.45) is 0 Å². The van der Waals surface area contributed by atoms with Crippen molar-refractivity contribution in [2.75, 3.05) is 12.4 Å². The molecule has 2 aromatic rings. The van der Waals surface area contributed by atoms with Crippen LogP contribution in [0, 0.1) is 0 Å². The molecule has 1 aromatic carbocycles. The molecule has 1 aliphatic carbocycles. The Labute approximate surface area is 126 Å². The van der Waals surface area contributed by atoms with Gasteiger partial charge in [0.15, 0.2) is 5.82 Å². The van der Waals surface area contributed by atoms with Crippen LogP contribution < -0.4 is 5.32 Å². The zero-order chi connectivity index (χ0) is 14.5. The maximum Gasteiger partial charge on any atom is 0.260 e. The Balaban J connectivity index is 1.82. The largest absolute Gasteiger partial charge is 0.387 e. The number of hydrogen-bond acceptors (Lipinski definition) is 4. The standard InChI is InChI=1S/C17H23N3O/c1-18-15-12-8-7-11-14(15)17-19-16(20-21-17)13-9-5-3-2-4-6-10-13/h7-8,11-13,18H,2-6,9-10H2,1H3. The molecular formula is C17H23N3O. The first-order valence-electron chi connectivity index (χ1n) is 7.99. The first kappa shape index (κ1) is 14.1. The maximum atomic E-state index is 5.52. The molecule has 1 saturated carbocycles. The zero-order valence-corrected chi connectivity index (χ0v) is 12.6. The number of para-hydroxylation sites is 1. The topological polar surface area (TPSA) is 51.0 Å². The zero-order valence-electron chi connectivity index (χ0n) is 12.6. The average molecular weight is 285 g/mol. The fraction of sp³-hybridized carbons (Fsp3) is 0.529. The number of aromatic nitrogens is 2. The maximum absolute atomic E-state index is 5.52. The molecule has 0 unspecified atom stereocenters. The van der Waals surface area contributed by atoms with Crippen LogP contribution in [0.1, 0.15) is 56.7 Å². The van der Waals surface area contributed by atoms with Crippen molar-refractivity contribution < 1.29 is 4.52 Å². The third-order valence-electron chi connectivity index (χ3n) is 4.34. The Bertz CT molecular complexity index is 571. The highest BCUT2D eigenvalue weighted by molar-refractivity contribution is 5.72. The van der Waals surface area contributed by atoms with Crippen LogP contribution in [0.5, 0.6) is 0 Å².